The molecule has 1 heterocycles. The molecule has 2 aromatic rings. The van der Waals surface area contributed by atoms with E-state index in [9.17, 15) is 9.59 Å². The Bertz CT molecular complexity index is 628. The maximum atomic E-state index is 11.9. The molecule has 0 bridgehead atoms. The summed E-state index contributed by atoms with van der Waals surface area (Å²) in [6, 6.07) is 7.00. The minimum absolute atomic E-state index is 0.0545. The van der Waals surface area contributed by atoms with Crippen molar-refractivity contribution in [3.8, 4) is 0 Å². The Hall–Kier alpha value is -2.10. The summed E-state index contributed by atoms with van der Waals surface area (Å²) in [5.41, 5.74) is 1.04. The first-order valence-electron chi connectivity index (χ1n) is 5.43. The standard InChI is InChI=1S/C13H13NO3/c1-3-17-13(16)14-8-9(2)12(15)10-6-4-5-7-11(10)14/h4-8H,3H2,1-2H3. The van der Waals surface area contributed by atoms with E-state index in [1.54, 1.807) is 38.1 Å². The molecule has 0 amide bonds. The fourth-order valence-corrected chi connectivity index (χ4v) is 1.75. The molecule has 0 radical (unpaired) electrons. The molecule has 17 heavy (non-hydrogen) atoms. The van der Waals surface area contributed by atoms with E-state index < -0.39 is 6.09 Å². The topological polar surface area (TPSA) is 48.3 Å². The Morgan fingerprint density at radius 2 is 2.06 bits per heavy atom. The predicted octanol–water partition coefficient (Wildman–Crippen LogP) is 2.31. The fourth-order valence-electron chi connectivity index (χ4n) is 1.75. The number of pyridine rings is 1. The monoisotopic (exact) mass is 231 g/mol. The van der Waals surface area contributed by atoms with Gasteiger partial charge in [-0.15, -0.1) is 0 Å². The molecular formula is C13H13NO3. The van der Waals surface area contributed by atoms with Crippen LogP contribution in [0.3, 0.4) is 0 Å². The van der Waals surface area contributed by atoms with Gasteiger partial charge in [0.25, 0.3) is 0 Å². The zero-order valence-electron chi connectivity index (χ0n) is 9.77. The molecule has 2 rings (SSSR count). The molecule has 88 valence electrons. The summed E-state index contributed by atoms with van der Waals surface area (Å²) >= 11 is 0. The molecule has 4 nitrogen and oxygen atoms in total. The van der Waals surface area contributed by atoms with Crippen molar-refractivity contribution in [2.45, 2.75) is 13.8 Å². The number of carbonyl (C=O) groups is 1. The summed E-state index contributed by atoms with van der Waals surface area (Å²) in [6.45, 7) is 3.73. The lowest BCUT2D eigenvalue weighted by atomic mass is 10.1. The van der Waals surface area contributed by atoms with E-state index in [4.69, 9.17) is 4.74 Å². The molecular weight excluding hydrogens is 218 g/mol. The third kappa shape index (κ3) is 1.93. The molecule has 0 aliphatic carbocycles. The molecule has 0 fully saturated rings. The maximum Gasteiger partial charge on any atom is 0.418 e. The lowest BCUT2D eigenvalue weighted by molar-refractivity contribution is 0.155. The second-order valence-corrected chi connectivity index (χ2v) is 3.73. The Kier molecular flexibility index (Phi) is 2.95. The van der Waals surface area contributed by atoms with Gasteiger partial charge in [0.15, 0.2) is 5.43 Å². The molecule has 1 aromatic carbocycles. The van der Waals surface area contributed by atoms with E-state index in [-0.39, 0.29) is 5.43 Å². The number of fused-ring (bicyclic) bond motifs is 1. The Balaban J connectivity index is 2.76. The van der Waals surface area contributed by atoms with Gasteiger partial charge in [-0.2, -0.15) is 0 Å². The first-order chi connectivity index (χ1) is 8.15. The number of para-hydroxylation sites is 1. The van der Waals surface area contributed by atoms with Gasteiger partial charge in [-0.3, -0.25) is 9.36 Å². The number of benzene rings is 1. The zero-order chi connectivity index (χ0) is 12.4. The van der Waals surface area contributed by atoms with Crippen molar-refractivity contribution < 1.29 is 9.53 Å². The number of nitrogens with zero attached hydrogens (tertiary/aromatic N) is 1. The average Bonchev–Trinajstić information content (AvgIpc) is 2.34. The van der Waals surface area contributed by atoms with Crippen LogP contribution in [0.1, 0.15) is 12.5 Å². The summed E-state index contributed by atoms with van der Waals surface area (Å²) in [5, 5.41) is 0.528. The van der Waals surface area contributed by atoms with Gasteiger partial charge in [-0.1, -0.05) is 12.1 Å². The number of aromatic nitrogens is 1. The number of rotatable bonds is 1. The Labute approximate surface area is 98.4 Å². The zero-order valence-corrected chi connectivity index (χ0v) is 9.77. The fraction of sp³-hybridized carbons (Fsp3) is 0.231. The Morgan fingerprint density at radius 1 is 1.35 bits per heavy atom. The van der Waals surface area contributed by atoms with Gasteiger partial charge >= 0.3 is 6.09 Å². The first kappa shape index (κ1) is 11.4. The van der Waals surface area contributed by atoms with Crippen molar-refractivity contribution in [3.05, 3.63) is 46.2 Å². The number of hydrogen-bond acceptors (Lipinski definition) is 3. The molecule has 0 aliphatic rings. The van der Waals surface area contributed by atoms with Gasteiger partial charge in [0, 0.05) is 17.1 Å². The van der Waals surface area contributed by atoms with Crippen LogP contribution >= 0.6 is 0 Å². The van der Waals surface area contributed by atoms with Crippen LogP contribution in [0.25, 0.3) is 10.9 Å². The van der Waals surface area contributed by atoms with Gasteiger partial charge in [-0.05, 0) is 26.0 Å². The van der Waals surface area contributed by atoms with E-state index in [1.807, 2.05) is 0 Å². The molecule has 0 saturated heterocycles. The third-order valence-electron chi connectivity index (χ3n) is 2.55. The summed E-state index contributed by atoms with van der Waals surface area (Å²) in [7, 11) is 0. The average molecular weight is 231 g/mol. The number of aryl methyl sites for hydroxylation is 1. The van der Waals surface area contributed by atoms with Gasteiger partial charge in [0.1, 0.15) is 0 Å². The molecule has 0 aliphatic heterocycles. The van der Waals surface area contributed by atoms with Crippen LogP contribution in [0.2, 0.25) is 0 Å². The lowest BCUT2D eigenvalue weighted by Crippen LogP contribution is -2.19. The van der Waals surface area contributed by atoms with Gasteiger partial charge in [-0.25, -0.2) is 4.79 Å². The summed E-state index contributed by atoms with van der Waals surface area (Å²) in [5.74, 6) is 0. The molecule has 0 spiro atoms. The van der Waals surface area contributed by atoms with Gasteiger partial charge in [0.05, 0.1) is 12.1 Å². The molecule has 4 heteroatoms. The molecule has 1 aromatic heterocycles. The summed E-state index contributed by atoms with van der Waals surface area (Å²) in [4.78, 5) is 23.7. The normalized spacial score (nSPS) is 10.5. The highest BCUT2D eigenvalue weighted by Crippen LogP contribution is 2.11. The van der Waals surface area contributed by atoms with Crippen molar-refractivity contribution in [1.29, 1.82) is 0 Å². The highest BCUT2D eigenvalue weighted by atomic mass is 16.5. The third-order valence-corrected chi connectivity index (χ3v) is 2.55. The molecule has 0 N–H and O–H groups in total. The highest BCUT2D eigenvalue weighted by Gasteiger charge is 2.11. The minimum Gasteiger partial charge on any atom is -0.449 e. The van der Waals surface area contributed by atoms with Crippen molar-refractivity contribution >= 4 is 17.0 Å². The lowest BCUT2D eigenvalue weighted by Gasteiger charge is -2.10. The quantitative estimate of drug-likeness (QED) is 0.756. The van der Waals surface area contributed by atoms with Crippen LogP contribution in [0, 0.1) is 6.92 Å². The first-order valence-corrected chi connectivity index (χ1v) is 5.43. The van der Waals surface area contributed by atoms with E-state index >= 15 is 0 Å². The van der Waals surface area contributed by atoms with E-state index in [1.165, 1.54) is 10.8 Å². The molecule has 0 saturated carbocycles. The summed E-state index contributed by atoms with van der Waals surface area (Å²) < 4.78 is 6.32. The van der Waals surface area contributed by atoms with Crippen LogP contribution in [0.4, 0.5) is 4.79 Å². The van der Waals surface area contributed by atoms with Crippen LogP contribution in [-0.2, 0) is 4.74 Å². The van der Waals surface area contributed by atoms with Gasteiger partial charge < -0.3 is 4.74 Å². The SMILES string of the molecule is CCOC(=O)n1cc(C)c(=O)c2ccccc21. The van der Waals surface area contributed by atoms with Crippen LogP contribution in [-0.4, -0.2) is 17.3 Å². The number of ether oxygens (including phenoxy) is 1. The van der Waals surface area contributed by atoms with Crippen molar-refractivity contribution in [1.82, 2.24) is 4.57 Å². The number of carbonyl (C=O) groups excluding carboxylic acids is 1. The van der Waals surface area contributed by atoms with Crippen LogP contribution in [0.15, 0.2) is 35.3 Å². The Morgan fingerprint density at radius 3 is 2.76 bits per heavy atom. The van der Waals surface area contributed by atoms with E-state index in [0.717, 1.165) is 0 Å². The largest absolute Gasteiger partial charge is 0.449 e. The minimum atomic E-state index is -0.466. The second-order valence-electron chi connectivity index (χ2n) is 3.73. The van der Waals surface area contributed by atoms with Gasteiger partial charge in [0.2, 0.25) is 0 Å². The van der Waals surface area contributed by atoms with Crippen LogP contribution in [0.5, 0.6) is 0 Å². The predicted molar refractivity (Wildman–Crippen MR) is 65.4 cm³/mol. The summed E-state index contributed by atoms with van der Waals surface area (Å²) in [6.07, 6.45) is 1.05. The molecule has 0 unspecified atom stereocenters. The smallest absolute Gasteiger partial charge is 0.418 e. The van der Waals surface area contributed by atoms with Crippen molar-refractivity contribution in [2.75, 3.05) is 6.61 Å². The van der Waals surface area contributed by atoms with E-state index in [0.29, 0.717) is 23.1 Å². The van der Waals surface area contributed by atoms with Crippen molar-refractivity contribution in [3.63, 3.8) is 0 Å². The molecule has 0 atom stereocenters. The van der Waals surface area contributed by atoms with E-state index in [2.05, 4.69) is 0 Å². The second kappa shape index (κ2) is 4.41. The maximum absolute atomic E-state index is 11.9. The number of hydrogen-bond donors (Lipinski definition) is 0. The van der Waals surface area contributed by atoms with Crippen LogP contribution < -0.4 is 5.43 Å². The van der Waals surface area contributed by atoms with Crippen molar-refractivity contribution in [2.24, 2.45) is 0 Å². The highest BCUT2D eigenvalue weighted by molar-refractivity contribution is 5.88.